The number of nitrogens with one attached hydrogen (secondary N) is 1. The quantitative estimate of drug-likeness (QED) is 0.782. The Morgan fingerprint density at radius 2 is 2.27 bits per heavy atom. The van der Waals surface area contributed by atoms with Crippen LogP contribution in [0.2, 0.25) is 0 Å². The summed E-state index contributed by atoms with van der Waals surface area (Å²) in [6.07, 6.45) is 1.81. The summed E-state index contributed by atoms with van der Waals surface area (Å²) in [5.41, 5.74) is 0. The van der Waals surface area contributed by atoms with Crippen LogP contribution in [0.1, 0.15) is 19.2 Å². The second kappa shape index (κ2) is 5.06. The fourth-order valence-corrected chi connectivity index (χ4v) is 1.42. The highest BCUT2D eigenvalue weighted by Crippen LogP contribution is 2.02. The zero-order valence-corrected chi connectivity index (χ0v) is 10.1. The highest BCUT2D eigenvalue weighted by Gasteiger charge is 2.10. The molecule has 0 bridgehead atoms. The van der Waals surface area contributed by atoms with Gasteiger partial charge >= 0.3 is 0 Å². The largest absolute Gasteiger partial charge is 0.347 e. The standard InChI is InChI=1S/C9H16N4OS/c1-4-5-7-10-11-9(15)13(7)6-8(14)12(2)3/h4-6H2,1-3H3,(H,11,15). The first-order chi connectivity index (χ1) is 7.06. The summed E-state index contributed by atoms with van der Waals surface area (Å²) in [6, 6.07) is 0. The first-order valence-corrected chi connectivity index (χ1v) is 5.31. The molecule has 15 heavy (non-hydrogen) atoms. The highest BCUT2D eigenvalue weighted by atomic mass is 32.1. The second-order valence-corrected chi connectivity index (χ2v) is 3.96. The molecule has 1 heterocycles. The Bertz CT molecular complexity index is 393. The van der Waals surface area contributed by atoms with Crippen molar-refractivity contribution in [1.29, 1.82) is 0 Å². The molecule has 0 atom stereocenters. The van der Waals surface area contributed by atoms with E-state index >= 15 is 0 Å². The van der Waals surface area contributed by atoms with Crippen molar-refractivity contribution in [2.24, 2.45) is 0 Å². The van der Waals surface area contributed by atoms with Gasteiger partial charge in [-0.25, -0.2) is 0 Å². The van der Waals surface area contributed by atoms with E-state index in [4.69, 9.17) is 12.2 Å². The van der Waals surface area contributed by atoms with Crippen molar-refractivity contribution in [2.75, 3.05) is 14.1 Å². The van der Waals surface area contributed by atoms with Gasteiger partial charge in [0.1, 0.15) is 12.4 Å². The van der Waals surface area contributed by atoms with E-state index in [0.717, 1.165) is 18.7 Å². The predicted molar refractivity (Wildman–Crippen MR) is 60.1 cm³/mol. The molecule has 84 valence electrons. The van der Waals surface area contributed by atoms with Gasteiger partial charge in [-0.1, -0.05) is 6.92 Å². The van der Waals surface area contributed by atoms with Crippen LogP contribution < -0.4 is 0 Å². The van der Waals surface area contributed by atoms with Crippen molar-refractivity contribution in [3.8, 4) is 0 Å². The van der Waals surface area contributed by atoms with Crippen molar-refractivity contribution in [3.63, 3.8) is 0 Å². The number of carbonyl (C=O) groups is 1. The molecule has 0 spiro atoms. The molecule has 1 aromatic rings. The van der Waals surface area contributed by atoms with E-state index in [1.54, 1.807) is 23.6 Å². The van der Waals surface area contributed by atoms with Crippen LogP contribution in [-0.2, 0) is 17.8 Å². The summed E-state index contributed by atoms with van der Waals surface area (Å²) < 4.78 is 2.26. The molecule has 0 fully saturated rings. The van der Waals surface area contributed by atoms with Gasteiger partial charge in [-0.2, -0.15) is 5.10 Å². The predicted octanol–water partition coefficient (Wildman–Crippen LogP) is 0.981. The Kier molecular flexibility index (Phi) is 4.02. The van der Waals surface area contributed by atoms with Crippen molar-refractivity contribution in [3.05, 3.63) is 10.6 Å². The zero-order chi connectivity index (χ0) is 11.4. The maximum atomic E-state index is 11.5. The van der Waals surface area contributed by atoms with Crippen LogP contribution in [0.15, 0.2) is 0 Å². The van der Waals surface area contributed by atoms with E-state index in [0.29, 0.717) is 4.77 Å². The van der Waals surface area contributed by atoms with E-state index in [1.807, 2.05) is 0 Å². The summed E-state index contributed by atoms with van der Waals surface area (Å²) >= 11 is 5.07. The molecule has 0 aliphatic carbocycles. The van der Waals surface area contributed by atoms with Gasteiger partial charge in [-0.3, -0.25) is 14.5 Å². The molecule has 1 rings (SSSR count). The van der Waals surface area contributed by atoms with E-state index < -0.39 is 0 Å². The summed E-state index contributed by atoms with van der Waals surface area (Å²) in [6.45, 7) is 2.33. The molecular formula is C9H16N4OS. The molecule has 0 radical (unpaired) electrons. The molecule has 1 N–H and O–H groups in total. The molecule has 0 aliphatic rings. The first kappa shape index (κ1) is 11.9. The Labute approximate surface area is 94.1 Å². The van der Waals surface area contributed by atoms with Gasteiger partial charge in [0.15, 0.2) is 4.77 Å². The summed E-state index contributed by atoms with van der Waals surface area (Å²) in [4.78, 5) is 13.1. The lowest BCUT2D eigenvalue weighted by molar-refractivity contribution is -0.129. The first-order valence-electron chi connectivity index (χ1n) is 4.90. The number of rotatable bonds is 4. The van der Waals surface area contributed by atoms with Gasteiger partial charge < -0.3 is 4.90 Å². The average molecular weight is 228 g/mol. The zero-order valence-electron chi connectivity index (χ0n) is 9.28. The average Bonchev–Trinajstić information content (AvgIpc) is 2.50. The third-order valence-electron chi connectivity index (χ3n) is 2.10. The van der Waals surface area contributed by atoms with E-state index in [2.05, 4.69) is 17.1 Å². The van der Waals surface area contributed by atoms with Crippen molar-refractivity contribution in [1.82, 2.24) is 19.7 Å². The number of H-pyrrole nitrogens is 1. The van der Waals surface area contributed by atoms with Crippen LogP contribution in [0, 0.1) is 4.77 Å². The van der Waals surface area contributed by atoms with E-state index in [9.17, 15) is 4.79 Å². The lowest BCUT2D eigenvalue weighted by Gasteiger charge is -2.11. The molecular weight excluding hydrogens is 212 g/mol. The molecule has 5 nitrogen and oxygen atoms in total. The van der Waals surface area contributed by atoms with Crippen molar-refractivity contribution in [2.45, 2.75) is 26.3 Å². The second-order valence-electron chi connectivity index (χ2n) is 3.57. The van der Waals surface area contributed by atoms with E-state index in [-0.39, 0.29) is 12.5 Å². The van der Waals surface area contributed by atoms with Crippen LogP contribution in [-0.4, -0.2) is 39.7 Å². The molecule has 0 unspecified atom stereocenters. The number of amides is 1. The minimum Gasteiger partial charge on any atom is -0.347 e. The van der Waals surface area contributed by atoms with Crippen molar-refractivity contribution >= 4 is 18.1 Å². The third-order valence-corrected chi connectivity index (χ3v) is 2.41. The lowest BCUT2D eigenvalue weighted by atomic mass is 10.3. The van der Waals surface area contributed by atoms with Crippen molar-refractivity contribution < 1.29 is 4.79 Å². The summed E-state index contributed by atoms with van der Waals surface area (Å²) in [7, 11) is 3.46. The number of nitrogens with zero attached hydrogens (tertiary/aromatic N) is 3. The van der Waals surface area contributed by atoms with E-state index in [1.165, 1.54) is 0 Å². The number of hydrogen-bond acceptors (Lipinski definition) is 3. The maximum absolute atomic E-state index is 11.5. The monoisotopic (exact) mass is 228 g/mol. The van der Waals surface area contributed by atoms with Gasteiger partial charge in [0.2, 0.25) is 5.91 Å². The highest BCUT2D eigenvalue weighted by molar-refractivity contribution is 7.71. The Balaban J connectivity index is 2.87. The molecule has 0 saturated carbocycles. The summed E-state index contributed by atoms with van der Waals surface area (Å²) in [5, 5.41) is 6.80. The summed E-state index contributed by atoms with van der Waals surface area (Å²) in [5.74, 6) is 0.863. The van der Waals surface area contributed by atoms with Crippen LogP contribution in [0.25, 0.3) is 0 Å². The van der Waals surface area contributed by atoms with Gasteiger partial charge in [-0.05, 0) is 18.6 Å². The number of likely N-dealkylation sites (N-methyl/N-ethyl adjacent to an activating group) is 1. The molecule has 0 saturated heterocycles. The number of hydrogen-bond donors (Lipinski definition) is 1. The Morgan fingerprint density at radius 3 is 2.80 bits per heavy atom. The normalized spacial score (nSPS) is 10.3. The van der Waals surface area contributed by atoms with Crippen LogP contribution in [0.4, 0.5) is 0 Å². The maximum Gasteiger partial charge on any atom is 0.242 e. The fourth-order valence-electron chi connectivity index (χ4n) is 1.20. The third kappa shape index (κ3) is 2.89. The number of aryl methyl sites for hydroxylation is 1. The number of aromatic amines is 1. The van der Waals surface area contributed by atoms with Crippen LogP contribution in [0.5, 0.6) is 0 Å². The molecule has 0 aliphatic heterocycles. The van der Waals surface area contributed by atoms with Gasteiger partial charge in [0, 0.05) is 20.5 Å². The minimum absolute atomic E-state index is 0.0184. The van der Waals surface area contributed by atoms with Gasteiger partial charge in [0.05, 0.1) is 0 Å². The number of aromatic nitrogens is 3. The lowest BCUT2D eigenvalue weighted by Crippen LogP contribution is -2.27. The molecule has 1 aromatic heterocycles. The minimum atomic E-state index is 0.0184. The SMILES string of the molecule is CCCc1n[nH]c(=S)n1CC(=O)N(C)C. The Morgan fingerprint density at radius 1 is 1.60 bits per heavy atom. The number of carbonyl (C=O) groups excluding carboxylic acids is 1. The molecule has 0 aromatic carbocycles. The fraction of sp³-hybridized carbons (Fsp3) is 0.667. The van der Waals surface area contributed by atoms with Crippen LogP contribution >= 0.6 is 12.2 Å². The smallest absolute Gasteiger partial charge is 0.242 e. The van der Waals surface area contributed by atoms with Gasteiger partial charge in [-0.15, -0.1) is 0 Å². The van der Waals surface area contributed by atoms with Crippen LogP contribution in [0.3, 0.4) is 0 Å². The Hall–Kier alpha value is -1.17. The van der Waals surface area contributed by atoms with Gasteiger partial charge in [0.25, 0.3) is 0 Å². The topological polar surface area (TPSA) is 53.9 Å². The molecule has 6 heteroatoms. The molecule has 1 amide bonds.